The fourth-order valence-corrected chi connectivity index (χ4v) is 4.39. The molecule has 0 aliphatic carbocycles. The summed E-state index contributed by atoms with van der Waals surface area (Å²) in [6, 6.07) is 12.5. The maximum absolute atomic E-state index is 14.4. The number of aromatic nitrogens is 2. The summed E-state index contributed by atoms with van der Waals surface area (Å²) in [5.74, 6) is 0.884. The van der Waals surface area contributed by atoms with Crippen LogP contribution in [0.5, 0.6) is 11.5 Å². The lowest BCUT2D eigenvalue weighted by Gasteiger charge is -2.21. The van der Waals surface area contributed by atoms with Crippen LogP contribution in [0.25, 0.3) is 0 Å². The van der Waals surface area contributed by atoms with Crippen molar-refractivity contribution in [3.05, 3.63) is 71.9 Å². The Balaban J connectivity index is 1.46. The highest BCUT2D eigenvalue weighted by atomic mass is 19.1. The van der Waals surface area contributed by atoms with E-state index in [9.17, 15) is 14.0 Å². The number of methoxy groups -OCH3 is 2. The van der Waals surface area contributed by atoms with Gasteiger partial charge in [-0.15, -0.1) is 0 Å². The zero-order valence-corrected chi connectivity index (χ0v) is 21.8. The van der Waals surface area contributed by atoms with Gasteiger partial charge >= 0.3 is 0 Å². The molecule has 1 aliphatic rings. The standard InChI is InChI=1S/C28H32FN5O4/c1-5-26(35)30-24-15-20(34-11-10-28(2,29)17-34)8-9-23(24)27(36)31-25-14-19(32-33-25)7-6-18-12-21(37-3)16-22(13-18)38-4/h5,8-9,12-16H,1,6-7,10-11,17H2,2-4H3,(H,30,35)(H2,31,32,33,36). The SMILES string of the molecule is C=CC(=O)Nc1cc(N2CCC(C)(F)C2)ccc1C(=O)Nc1cc(CCc2cc(OC)cc(OC)c2)[nH]n1. The molecule has 1 aliphatic heterocycles. The molecule has 2 aromatic carbocycles. The third-order valence-corrected chi connectivity index (χ3v) is 6.45. The van der Waals surface area contributed by atoms with Gasteiger partial charge in [-0.25, -0.2) is 4.39 Å². The molecule has 1 saturated heterocycles. The van der Waals surface area contributed by atoms with Crippen LogP contribution in [0.15, 0.2) is 55.1 Å². The van der Waals surface area contributed by atoms with Crippen LogP contribution in [0.4, 0.5) is 21.6 Å². The van der Waals surface area contributed by atoms with E-state index < -0.39 is 17.5 Å². The first kappa shape index (κ1) is 26.7. The quantitative estimate of drug-likeness (QED) is 0.339. The fourth-order valence-electron chi connectivity index (χ4n) is 4.39. The minimum absolute atomic E-state index is 0.242. The highest BCUT2D eigenvalue weighted by Gasteiger charge is 2.34. The van der Waals surface area contributed by atoms with Gasteiger partial charge in [-0.1, -0.05) is 6.58 Å². The molecule has 3 aromatic rings. The van der Waals surface area contributed by atoms with E-state index in [1.165, 1.54) is 0 Å². The number of hydrogen-bond donors (Lipinski definition) is 3. The molecule has 2 amide bonds. The number of nitrogens with one attached hydrogen (secondary N) is 3. The molecule has 4 rings (SSSR count). The molecule has 1 aromatic heterocycles. The molecule has 0 radical (unpaired) electrons. The van der Waals surface area contributed by atoms with Gasteiger partial charge < -0.3 is 25.0 Å². The summed E-state index contributed by atoms with van der Waals surface area (Å²) in [4.78, 5) is 27.1. The molecule has 0 bridgehead atoms. The normalized spacial score (nSPS) is 16.7. The van der Waals surface area contributed by atoms with E-state index in [1.54, 1.807) is 45.4 Å². The number of aromatic amines is 1. The van der Waals surface area contributed by atoms with E-state index in [1.807, 2.05) is 23.1 Å². The largest absolute Gasteiger partial charge is 0.497 e. The number of hydrogen-bond acceptors (Lipinski definition) is 6. The van der Waals surface area contributed by atoms with Gasteiger partial charge in [-0.05, 0) is 61.7 Å². The first-order valence-electron chi connectivity index (χ1n) is 12.3. The third-order valence-electron chi connectivity index (χ3n) is 6.45. The van der Waals surface area contributed by atoms with Crippen molar-refractivity contribution < 1.29 is 23.5 Å². The number of H-pyrrole nitrogens is 1. The van der Waals surface area contributed by atoms with Gasteiger partial charge in [-0.2, -0.15) is 5.10 Å². The van der Waals surface area contributed by atoms with E-state index in [0.29, 0.717) is 48.8 Å². The lowest BCUT2D eigenvalue weighted by molar-refractivity contribution is -0.111. The number of ether oxygens (including phenoxy) is 2. The Morgan fingerprint density at radius 1 is 1.13 bits per heavy atom. The van der Waals surface area contributed by atoms with Gasteiger partial charge in [0.05, 0.1) is 32.0 Å². The number of carbonyl (C=O) groups is 2. The number of anilines is 3. The average Bonchev–Trinajstić information content (AvgIpc) is 3.52. The van der Waals surface area contributed by atoms with Crippen LogP contribution in [-0.4, -0.2) is 55.0 Å². The first-order valence-corrected chi connectivity index (χ1v) is 12.3. The van der Waals surface area contributed by atoms with Gasteiger partial charge in [-0.3, -0.25) is 14.7 Å². The number of halogens is 1. The maximum Gasteiger partial charge on any atom is 0.258 e. The van der Waals surface area contributed by atoms with Gasteiger partial charge in [0.1, 0.15) is 17.2 Å². The topological polar surface area (TPSA) is 109 Å². The second kappa shape index (κ2) is 11.4. The number of carbonyl (C=O) groups excluding carboxylic acids is 2. The van der Waals surface area contributed by atoms with Gasteiger partial charge in [0.2, 0.25) is 5.91 Å². The van der Waals surface area contributed by atoms with E-state index >= 15 is 0 Å². The summed E-state index contributed by atoms with van der Waals surface area (Å²) in [6.45, 7) is 5.84. The molecule has 9 nitrogen and oxygen atoms in total. The lowest BCUT2D eigenvalue weighted by atomic mass is 10.1. The summed E-state index contributed by atoms with van der Waals surface area (Å²) in [5, 5.41) is 12.6. The van der Waals surface area contributed by atoms with Crippen LogP contribution < -0.4 is 25.0 Å². The van der Waals surface area contributed by atoms with Crippen LogP contribution in [0.3, 0.4) is 0 Å². The van der Waals surface area contributed by atoms with E-state index in [4.69, 9.17) is 9.47 Å². The second-order valence-electron chi connectivity index (χ2n) is 9.46. The summed E-state index contributed by atoms with van der Waals surface area (Å²) in [5.41, 5.74) is 1.87. The molecular weight excluding hydrogens is 489 g/mol. The Hall–Kier alpha value is -4.34. The van der Waals surface area contributed by atoms with Crippen molar-refractivity contribution in [2.24, 2.45) is 0 Å². The van der Waals surface area contributed by atoms with Gasteiger partial charge in [0.15, 0.2) is 5.82 Å². The molecule has 1 unspecified atom stereocenters. The molecule has 2 heterocycles. The molecule has 1 atom stereocenters. The Bertz CT molecular complexity index is 1310. The number of aryl methyl sites for hydroxylation is 2. The lowest BCUT2D eigenvalue weighted by Crippen LogP contribution is -2.26. The number of rotatable bonds is 10. The van der Waals surface area contributed by atoms with Crippen molar-refractivity contribution in [1.29, 1.82) is 0 Å². The maximum atomic E-state index is 14.4. The predicted octanol–water partition coefficient (Wildman–Crippen LogP) is 4.53. The van der Waals surface area contributed by atoms with Crippen LogP contribution >= 0.6 is 0 Å². The molecule has 0 spiro atoms. The van der Waals surface area contributed by atoms with E-state index in [-0.39, 0.29) is 12.1 Å². The molecule has 200 valence electrons. The predicted molar refractivity (Wildman–Crippen MR) is 145 cm³/mol. The van der Waals surface area contributed by atoms with Crippen LogP contribution in [-0.2, 0) is 17.6 Å². The summed E-state index contributed by atoms with van der Waals surface area (Å²) >= 11 is 0. The molecule has 3 N–H and O–H groups in total. The Morgan fingerprint density at radius 3 is 2.50 bits per heavy atom. The van der Waals surface area contributed by atoms with Crippen molar-refractivity contribution in [1.82, 2.24) is 10.2 Å². The smallest absolute Gasteiger partial charge is 0.258 e. The van der Waals surface area contributed by atoms with Crippen LogP contribution in [0, 0.1) is 0 Å². The van der Waals surface area contributed by atoms with Gasteiger partial charge in [0.25, 0.3) is 5.91 Å². The number of amides is 2. The van der Waals surface area contributed by atoms with E-state index in [2.05, 4.69) is 27.4 Å². The Kier molecular flexibility index (Phi) is 7.99. The molecule has 10 heteroatoms. The van der Waals surface area contributed by atoms with Crippen LogP contribution in [0.1, 0.15) is 35.0 Å². The van der Waals surface area contributed by atoms with Crippen molar-refractivity contribution in [3.8, 4) is 11.5 Å². The summed E-state index contributed by atoms with van der Waals surface area (Å²) in [7, 11) is 3.21. The third kappa shape index (κ3) is 6.50. The highest BCUT2D eigenvalue weighted by molar-refractivity contribution is 6.11. The van der Waals surface area contributed by atoms with Crippen molar-refractivity contribution in [3.63, 3.8) is 0 Å². The van der Waals surface area contributed by atoms with Crippen LogP contribution in [0.2, 0.25) is 0 Å². The van der Waals surface area contributed by atoms with Crippen molar-refractivity contribution >= 4 is 29.0 Å². The first-order chi connectivity index (χ1) is 18.2. The Morgan fingerprint density at radius 2 is 1.87 bits per heavy atom. The summed E-state index contributed by atoms with van der Waals surface area (Å²) in [6.07, 6.45) is 2.89. The number of nitrogens with zero attached hydrogens (tertiary/aromatic N) is 2. The molecule has 0 saturated carbocycles. The average molecular weight is 522 g/mol. The van der Waals surface area contributed by atoms with Crippen molar-refractivity contribution in [2.75, 3.05) is 42.8 Å². The summed E-state index contributed by atoms with van der Waals surface area (Å²) < 4.78 is 25.0. The Labute approximate surface area is 221 Å². The zero-order chi connectivity index (χ0) is 27.3. The molecule has 38 heavy (non-hydrogen) atoms. The number of alkyl halides is 1. The monoisotopic (exact) mass is 521 g/mol. The van der Waals surface area contributed by atoms with Crippen molar-refractivity contribution in [2.45, 2.75) is 31.9 Å². The second-order valence-corrected chi connectivity index (χ2v) is 9.46. The minimum atomic E-state index is -1.28. The molecular formula is C28H32FN5O4. The fraction of sp³-hybridized carbons (Fsp3) is 0.321. The van der Waals surface area contributed by atoms with E-state index in [0.717, 1.165) is 23.0 Å². The molecule has 1 fully saturated rings. The highest BCUT2D eigenvalue weighted by Crippen LogP contribution is 2.32. The van der Waals surface area contributed by atoms with Gasteiger partial charge in [0, 0.05) is 36.5 Å². The zero-order valence-electron chi connectivity index (χ0n) is 21.8. The minimum Gasteiger partial charge on any atom is -0.497 e. The number of benzene rings is 2.